The van der Waals surface area contributed by atoms with Crippen molar-refractivity contribution in [2.75, 3.05) is 25.2 Å². The molecule has 0 aromatic heterocycles. The van der Waals surface area contributed by atoms with Crippen molar-refractivity contribution in [2.24, 2.45) is 0 Å². The van der Waals surface area contributed by atoms with E-state index in [2.05, 4.69) is 12.2 Å². The maximum atomic E-state index is 11.8. The first kappa shape index (κ1) is 14.9. The minimum atomic E-state index is -2.92. The Balaban J connectivity index is 2.15. The zero-order valence-corrected chi connectivity index (χ0v) is 11.8. The van der Waals surface area contributed by atoms with E-state index in [4.69, 9.17) is 4.74 Å². The minimum Gasteiger partial charge on any atom is -0.377 e. The molecule has 1 rings (SSSR count). The van der Waals surface area contributed by atoms with Gasteiger partial charge in [0, 0.05) is 12.6 Å². The fourth-order valence-electron chi connectivity index (χ4n) is 2.06. The summed E-state index contributed by atoms with van der Waals surface area (Å²) in [6.45, 7) is 2.83. The summed E-state index contributed by atoms with van der Waals surface area (Å²) in [5.74, 6) is 0.526. The average molecular weight is 263 g/mol. The molecule has 17 heavy (non-hydrogen) atoms. The molecule has 4 nitrogen and oxygen atoms in total. The van der Waals surface area contributed by atoms with Gasteiger partial charge >= 0.3 is 0 Å². The van der Waals surface area contributed by atoms with Crippen LogP contribution in [0.15, 0.2) is 0 Å². The molecule has 2 unspecified atom stereocenters. The van der Waals surface area contributed by atoms with Crippen LogP contribution in [-0.4, -0.2) is 45.7 Å². The first-order valence-electron chi connectivity index (χ1n) is 6.53. The lowest BCUT2D eigenvalue weighted by Gasteiger charge is -2.11. The summed E-state index contributed by atoms with van der Waals surface area (Å²) < 4.78 is 29.0. The second kappa shape index (κ2) is 7.34. The number of unbranched alkanes of at least 4 members (excludes halogenated alkanes) is 1. The van der Waals surface area contributed by atoms with E-state index in [9.17, 15) is 8.42 Å². The van der Waals surface area contributed by atoms with Gasteiger partial charge in [-0.1, -0.05) is 6.42 Å². The van der Waals surface area contributed by atoms with Gasteiger partial charge in [-0.3, -0.25) is 0 Å². The highest BCUT2D eigenvalue weighted by Crippen LogP contribution is 2.15. The second-order valence-corrected chi connectivity index (χ2v) is 7.16. The van der Waals surface area contributed by atoms with Crippen molar-refractivity contribution in [3.63, 3.8) is 0 Å². The van der Waals surface area contributed by atoms with Gasteiger partial charge in [0.2, 0.25) is 0 Å². The van der Waals surface area contributed by atoms with E-state index in [0.29, 0.717) is 11.8 Å². The molecule has 5 heteroatoms. The molecular weight excluding hydrogens is 238 g/mol. The first-order valence-corrected chi connectivity index (χ1v) is 8.35. The van der Waals surface area contributed by atoms with Crippen molar-refractivity contribution in [3.05, 3.63) is 0 Å². The Morgan fingerprint density at radius 2 is 2.18 bits per heavy atom. The molecule has 0 aliphatic carbocycles. The minimum absolute atomic E-state index is 0.0452. The summed E-state index contributed by atoms with van der Waals surface area (Å²) in [6, 6.07) is 0.468. The standard InChI is InChI=1S/C12H25NO3S/c1-11(13-2)6-3-4-9-17(14,15)10-12-7-5-8-16-12/h11-13H,3-10H2,1-2H3. The van der Waals surface area contributed by atoms with Crippen LogP contribution < -0.4 is 5.32 Å². The number of nitrogens with one attached hydrogen (secondary N) is 1. The topological polar surface area (TPSA) is 55.4 Å². The summed E-state index contributed by atoms with van der Waals surface area (Å²) in [6.07, 6.45) is 4.62. The number of hydrogen-bond acceptors (Lipinski definition) is 4. The Hall–Kier alpha value is -0.130. The lowest BCUT2D eigenvalue weighted by Crippen LogP contribution is -2.23. The van der Waals surface area contributed by atoms with E-state index in [1.807, 2.05) is 7.05 Å². The van der Waals surface area contributed by atoms with Gasteiger partial charge in [-0.2, -0.15) is 0 Å². The quantitative estimate of drug-likeness (QED) is 0.672. The van der Waals surface area contributed by atoms with E-state index in [-0.39, 0.29) is 11.9 Å². The van der Waals surface area contributed by atoms with E-state index in [1.54, 1.807) is 0 Å². The van der Waals surface area contributed by atoms with Crippen LogP contribution in [0.5, 0.6) is 0 Å². The third-order valence-corrected chi connectivity index (χ3v) is 5.09. The predicted molar refractivity (Wildman–Crippen MR) is 70.0 cm³/mol. The van der Waals surface area contributed by atoms with Crippen molar-refractivity contribution < 1.29 is 13.2 Å². The summed E-state index contributed by atoms with van der Waals surface area (Å²) >= 11 is 0. The molecule has 0 amide bonds. The Labute approximate surface area is 105 Å². The monoisotopic (exact) mass is 263 g/mol. The van der Waals surface area contributed by atoms with Crippen LogP contribution >= 0.6 is 0 Å². The van der Waals surface area contributed by atoms with Gasteiger partial charge in [0.05, 0.1) is 17.6 Å². The largest absolute Gasteiger partial charge is 0.377 e. The molecule has 0 aromatic rings. The Kier molecular flexibility index (Phi) is 6.44. The summed E-state index contributed by atoms with van der Waals surface area (Å²) in [7, 11) is -0.986. The van der Waals surface area contributed by atoms with Crippen LogP contribution in [0, 0.1) is 0 Å². The van der Waals surface area contributed by atoms with Gasteiger partial charge < -0.3 is 10.1 Å². The van der Waals surface area contributed by atoms with E-state index in [1.165, 1.54) is 0 Å². The Morgan fingerprint density at radius 3 is 2.76 bits per heavy atom. The predicted octanol–water partition coefficient (Wildman–Crippen LogP) is 1.36. The normalized spacial score (nSPS) is 22.8. The van der Waals surface area contributed by atoms with Crippen LogP contribution in [0.2, 0.25) is 0 Å². The Morgan fingerprint density at radius 1 is 1.41 bits per heavy atom. The summed E-state index contributed by atoms with van der Waals surface area (Å²) in [4.78, 5) is 0. The van der Waals surface area contributed by atoms with Crippen LogP contribution in [0.4, 0.5) is 0 Å². The molecule has 0 radical (unpaired) electrons. The first-order chi connectivity index (χ1) is 8.03. The molecule has 0 saturated carbocycles. The molecular formula is C12H25NO3S. The average Bonchev–Trinajstić information content (AvgIpc) is 2.76. The van der Waals surface area contributed by atoms with E-state index >= 15 is 0 Å². The molecule has 0 spiro atoms. The van der Waals surface area contributed by atoms with Gasteiger partial charge in [0.1, 0.15) is 0 Å². The maximum Gasteiger partial charge on any atom is 0.152 e. The molecule has 1 aliphatic rings. The van der Waals surface area contributed by atoms with E-state index in [0.717, 1.165) is 38.7 Å². The van der Waals surface area contributed by atoms with Gasteiger partial charge in [-0.25, -0.2) is 8.42 Å². The molecule has 1 N–H and O–H groups in total. The van der Waals surface area contributed by atoms with Crippen molar-refractivity contribution in [3.8, 4) is 0 Å². The fourth-order valence-corrected chi connectivity index (χ4v) is 3.70. The van der Waals surface area contributed by atoms with E-state index < -0.39 is 9.84 Å². The zero-order valence-electron chi connectivity index (χ0n) is 10.9. The summed E-state index contributed by atoms with van der Waals surface area (Å²) in [5.41, 5.74) is 0. The molecule has 0 aromatic carbocycles. The van der Waals surface area contributed by atoms with Crippen LogP contribution in [0.25, 0.3) is 0 Å². The number of sulfone groups is 1. The molecule has 102 valence electrons. The number of hydrogen-bond donors (Lipinski definition) is 1. The van der Waals surface area contributed by atoms with Crippen molar-refractivity contribution in [1.29, 1.82) is 0 Å². The molecule has 1 heterocycles. The van der Waals surface area contributed by atoms with Crippen molar-refractivity contribution in [2.45, 2.75) is 51.2 Å². The lowest BCUT2D eigenvalue weighted by molar-refractivity contribution is 0.127. The van der Waals surface area contributed by atoms with Gasteiger partial charge in [-0.15, -0.1) is 0 Å². The molecule has 0 bridgehead atoms. The fraction of sp³-hybridized carbons (Fsp3) is 1.00. The third kappa shape index (κ3) is 6.38. The lowest BCUT2D eigenvalue weighted by atomic mass is 10.1. The van der Waals surface area contributed by atoms with Gasteiger partial charge in [-0.05, 0) is 39.7 Å². The second-order valence-electron chi connectivity index (χ2n) is 4.93. The smallest absolute Gasteiger partial charge is 0.152 e. The van der Waals surface area contributed by atoms with Crippen LogP contribution in [0.1, 0.15) is 39.0 Å². The highest BCUT2D eigenvalue weighted by molar-refractivity contribution is 7.91. The molecule has 1 saturated heterocycles. The number of ether oxygens (including phenoxy) is 1. The highest BCUT2D eigenvalue weighted by atomic mass is 32.2. The van der Waals surface area contributed by atoms with Crippen molar-refractivity contribution in [1.82, 2.24) is 5.32 Å². The van der Waals surface area contributed by atoms with Gasteiger partial charge in [0.25, 0.3) is 0 Å². The highest BCUT2D eigenvalue weighted by Gasteiger charge is 2.22. The molecule has 1 fully saturated rings. The van der Waals surface area contributed by atoms with Crippen LogP contribution in [-0.2, 0) is 14.6 Å². The zero-order chi connectivity index (χ0) is 12.7. The maximum absolute atomic E-state index is 11.8. The molecule has 2 atom stereocenters. The molecule has 1 aliphatic heterocycles. The summed E-state index contributed by atoms with van der Waals surface area (Å²) in [5, 5.41) is 3.15. The number of rotatable bonds is 8. The van der Waals surface area contributed by atoms with Crippen LogP contribution in [0.3, 0.4) is 0 Å². The van der Waals surface area contributed by atoms with Crippen molar-refractivity contribution >= 4 is 9.84 Å². The third-order valence-electron chi connectivity index (χ3n) is 3.30. The van der Waals surface area contributed by atoms with Gasteiger partial charge in [0.15, 0.2) is 9.84 Å². The SMILES string of the molecule is CNC(C)CCCCS(=O)(=O)CC1CCCO1. The Bertz CT molecular complexity index is 297.